The van der Waals surface area contributed by atoms with Gasteiger partial charge in [-0.3, -0.25) is 4.79 Å². The number of carbonyl (C=O) groups excluding carboxylic acids is 1. The van der Waals surface area contributed by atoms with Crippen LogP contribution in [0.15, 0.2) is 24.3 Å². The Morgan fingerprint density at radius 2 is 1.94 bits per heavy atom. The molecule has 94 valence electrons. The molecule has 0 heterocycles. The number of halogens is 1. The van der Waals surface area contributed by atoms with E-state index in [-0.39, 0.29) is 23.7 Å². The van der Waals surface area contributed by atoms with Gasteiger partial charge in [-0.15, -0.1) is 0 Å². The molecule has 0 aliphatic heterocycles. The summed E-state index contributed by atoms with van der Waals surface area (Å²) in [5.74, 6) is 0.0642. The fraction of sp³-hybridized carbons (Fsp3) is 0.417. The van der Waals surface area contributed by atoms with Gasteiger partial charge in [-0.05, 0) is 18.6 Å². The summed E-state index contributed by atoms with van der Waals surface area (Å²) in [6, 6.07) is 6.79. The molecule has 17 heavy (non-hydrogen) atoms. The first-order valence-electron chi connectivity index (χ1n) is 5.44. The molecule has 0 N–H and O–H groups in total. The highest BCUT2D eigenvalue weighted by molar-refractivity contribution is 7.91. The summed E-state index contributed by atoms with van der Waals surface area (Å²) in [5.41, 5.74) is 0.461. The molecule has 1 aromatic carbocycles. The van der Waals surface area contributed by atoms with Crippen LogP contribution in [-0.4, -0.2) is 25.7 Å². The first-order chi connectivity index (χ1) is 7.96. The van der Waals surface area contributed by atoms with Gasteiger partial charge in [-0.25, -0.2) is 8.42 Å². The Kier molecular flexibility index (Phi) is 5.15. The Morgan fingerprint density at radius 1 is 1.29 bits per heavy atom. The topological polar surface area (TPSA) is 51.2 Å². The second-order valence-electron chi connectivity index (χ2n) is 3.74. The number of hydrogen-bond donors (Lipinski definition) is 0. The minimum Gasteiger partial charge on any atom is -0.294 e. The highest BCUT2D eigenvalue weighted by Gasteiger charge is 2.12. The van der Waals surface area contributed by atoms with Gasteiger partial charge in [0, 0.05) is 17.7 Å². The lowest BCUT2D eigenvalue weighted by atomic mass is 10.1. The van der Waals surface area contributed by atoms with E-state index >= 15 is 0 Å². The van der Waals surface area contributed by atoms with Crippen molar-refractivity contribution >= 4 is 27.2 Å². The van der Waals surface area contributed by atoms with Crippen LogP contribution in [0, 0.1) is 0 Å². The van der Waals surface area contributed by atoms with Crippen LogP contribution in [0.25, 0.3) is 0 Å². The van der Waals surface area contributed by atoms with Crippen LogP contribution in [0.5, 0.6) is 0 Å². The van der Waals surface area contributed by atoms with E-state index in [1.807, 2.05) is 0 Å². The first-order valence-corrected chi connectivity index (χ1v) is 7.64. The predicted molar refractivity (Wildman–Crippen MR) is 69.3 cm³/mol. The number of rotatable bonds is 6. The number of Topliss-reactive ketones (excluding diaryl/α,β-unsaturated/α-hetero) is 1. The Labute approximate surface area is 107 Å². The van der Waals surface area contributed by atoms with E-state index in [2.05, 4.69) is 0 Å². The number of hydrogen-bond acceptors (Lipinski definition) is 3. The summed E-state index contributed by atoms with van der Waals surface area (Å²) in [4.78, 5) is 11.8. The normalized spacial score (nSPS) is 11.4. The molecule has 5 heteroatoms. The van der Waals surface area contributed by atoms with Crippen molar-refractivity contribution in [3.05, 3.63) is 34.9 Å². The van der Waals surface area contributed by atoms with E-state index in [9.17, 15) is 13.2 Å². The lowest BCUT2D eigenvalue weighted by Gasteiger charge is -2.03. The van der Waals surface area contributed by atoms with Gasteiger partial charge in [-0.2, -0.15) is 0 Å². The van der Waals surface area contributed by atoms with E-state index in [1.54, 1.807) is 31.2 Å². The number of sulfone groups is 1. The second kappa shape index (κ2) is 6.17. The molecule has 0 bridgehead atoms. The highest BCUT2D eigenvalue weighted by atomic mass is 35.5. The molecule has 0 saturated carbocycles. The van der Waals surface area contributed by atoms with Crippen molar-refractivity contribution in [3.8, 4) is 0 Å². The van der Waals surface area contributed by atoms with E-state index in [1.165, 1.54) is 0 Å². The average Bonchev–Trinajstić information content (AvgIpc) is 2.29. The zero-order chi connectivity index (χ0) is 12.9. The van der Waals surface area contributed by atoms with Gasteiger partial charge in [-0.1, -0.05) is 30.7 Å². The van der Waals surface area contributed by atoms with Crippen LogP contribution in [0.4, 0.5) is 0 Å². The van der Waals surface area contributed by atoms with Gasteiger partial charge in [0.1, 0.15) is 9.84 Å². The summed E-state index contributed by atoms with van der Waals surface area (Å²) in [6.07, 6.45) is 0.559. The lowest BCUT2D eigenvalue weighted by molar-refractivity contribution is 0.0982. The molecule has 0 radical (unpaired) electrons. The molecule has 0 aromatic heterocycles. The number of carbonyl (C=O) groups is 1. The third-order valence-corrected chi connectivity index (χ3v) is 4.59. The molecule has 0 atom stereocenters. The van der Waals surface area contributed by atoms with Gasteiger partial charge in [0.25, 0.3) is 0 Å². The van der Waals surface area contributed by atoms with E-state index in [4.69, 9.17) is 11.6 Å². The van der Waals surface area contributed by atoms with Crippen molar-refractivity contribution in [1.29, 1.82) is 0 Å². The third kappa shape index (κ3) is 4.48. The molecule has 0 unspecified atom stereocenters. The highest BCUT2D eigenvalue weighted by Crippen LogP contribution is 2.17. The molecule has 1 aromatic rings. The van der Waals surface area contributed by atoms with Crippen molar-refractivity contribution < 1.29 is 13.2 Å². The molecule has 0 spiro atoms. The van der Waals surface area contributed by atoms with Crippen molar-refractivity contribution in [2.24, 2.45) is 0 Å². The average molecular weight is 275 g/mol. The Hall–Kier alpha value is -0.870. The molecule has 0 amide bonds. The van der Waals surface area contributed by atoms with Crippen molar-refractivity contribution in [1.82, 2.24) is 0 Å². The molecule has 0 saturated heterocycles. The molecule has 0 aliphatic carbocycles. The van der Waals surface area contributed by atoms with E-state index in [0.717, 1.165) is 0 Å². The zero-order valence-electron chi connectivity index (χ0n) is 9.65. The maximum Gasteiger partial charge on any atom is 0.164 e. The van der Waals surface area contributed by atoms with Gasteiger partial charge in [0.15, 0.2) is 5.78 Å². The summed E-state index contributed by atoms with van der Waals surface area (Å²) in [7, 11) is -2.99. The van der Waals surface area contributed by atoms with Crippen LogP contribution < -0.4 is 0 Å². The summed E-state index contributed by atoms with van der Waals surface area (Å²) in [6.45, 7) is 1.60. The zero-order valence-corrected chi connectivity index (χ0v) is 11.2. The molecule has 0 fully saturated rings. The smallest absolute Gasteiger partial charge is 0.164 e. The largest absolute Gasteiger partial charge is 0.294 e. The monoisotopic (exact) mass is 274 g/mol. The van der Waals surface area contributed by atoms with Crippen molar-refractivity contribution in [2.75, 3.05) is 11.5 Å². The molecule has 3 nitrogen and oxygen atoms in total. The summed E-state index contributed by atoms with van der Waals surface area (Å²) in [5, 5.41) is 0.413. The quantitative estimate of drug-likeness (QED) is 0.750. The molecule has 0 aliphatic rings. The van der Waals surface area contributed by atoms with Gasteiger partial charge >= 0.3 is 0 Å². The van der Waals surface area contributed by atoms with Crippen LogP contribution in [-0.2, 0) is 9.84 Å². The minimum atomic E-state index is -2.99. The Bertz CT molecular complexity index is 494. The van der Waals surface area contributed by atoms with Crippen LogP contribution in [0.2, 0.25) is 5.02 Å². The third-order valence-electron chi connectivity index (χ3n) is 2.47. The fourth-order valence-corrected chi connectivity index (χ4v) is 2.53. The number of benzene rings is 1. The standard InChI is InChI=1S/C12H15ClO3S/c1-2-17(15,16)9-5-8-12(14)10-6-3-4-7-11(10)13/h3-4,6-7H,2,5,8-9H2,1H3. The lowest BCUT2D eigenvalue weighted by Crippen LogP contribution is -2.10. The van der Waals surface area contributed by atoms with Crippen LogP contribution in [0.3, 0.4) is 0 Å². The first kappa shape index (κ1) is 14.2. The minimum absolute atomic E-state index is 0.0553. The fourth-order valence-electron chi connectivity index (χ4n) is 1.42. The summed E-state index contributed by atoms with van der Waals surface area (Å²) >= 11 is 5.88. The number of ketones is 1. The maximum atomic E-state index is 11.8. The molecular formula is C12H15ClO3S. The van der Waals surface area contributed by atoms with Gasteiger partial charge in [0.05, 0.1) is 10.8 Å². The molecular weight excluding hydrogens is 260 g/mol. The van der Waals surface area contributed by atoms with E-state index in [0.29, 0.717) is 17.0 Å². The molecule has 1 rings (SSSR count). The Balaban J connectivity index is 2.55. The summed E-state index contributed by atoms with van der Waals surface area (Å²) < 4.78 is 22.5. The second-order valence-corrected chi connectivity index (χ2v) is 6.62. The van der Waals surface area contributed by atoms with Crippen LogP contribution >= 0.6 is 11.6 Å². The van der Waals surface area contributed by atoms with Crippen molar-refractivity contribution in [2.45, 2.75) is 19.8 Å². The van der Waals surface area contributed by atoms with Crippen LogP contribution in [0.1, 0.15) is 30.1 Å². The van der Waals surface area contributed by atoms with Gasteiger partial charge in [0.2, 0.25) is 0 Å². The van der Waals surface area contributed by atoms with E-state index < -0.39 is 9.84 Å². The van der Waals surface area contributed by atoms with Gasteiger partial charge < -0.3 is 0 Å². The predicted octanol–water partition coefficient (Wildman–Crippen LogP) is 2.74. The Morgan fingerprint density at radius 3 is 2.53 bits per heavy atom. The van der Waals surface area contributed by atoms with Crippen molar-refractivity contribution in [3.63, 3.8) is 0 Å². The maximum absolute atomic E-state index is 11.8. The SMILES string of the molecule is CCS(=O)(=O)CCCC(=O)c1ccccc1Cl.